The number of methoxy groups -OCH3 is 1. The molecule has 2 aromatic heterocycles. The highest BCUT2D eigenvalue weighted by atomic mass is 32.2. The summed E-state index contributed by atoms with van der Waals surface area (Å²) >= 11 is 1.08. The van der Waals surface area contributed by atoms with Gasteiger partial charge in [0.25, 0.3) is 0 Å². The summed E-state index contributed by atoms with van der Waals surface area (Å²) < 4.78 is 29.0. The van der Waals surface area contributed by atoms with Crippen molar-refractivity contribution in [1.29, 1.82) is 0 Å². The molecule has 0 atom stereocenters. The second-order valence-corrected chi connectivity index (χ2v) is 7.66. The molecule has 0 unspecified atom stereocenters. The first-order valence-corrected chi connectivity index (χ1v) is 8.58. The minimum atomic E-state index is -3.11. The zero-order valence-corrected chi connectivity index (χ0v) is 12.6. The molecule has 0 spiro atoms. The normalized spacial score (nSPS) is 12.1. The van der Waals surface area contributed by atoms with Crippen molar-refractivity contribution in [2.24, 2.45) is 0 Å². The number of carboxylic acid groups (broad SMARTS) is 1. The first-order valence-electron chi connectivity index (χ1n) is 5.71. The number of aromatic carboxylic acids is 1. The van der Waals surface area contributed by atoms with Crippen LogP contribution < -0.4 is 0 Å². The second-order valence-electron chi connectivity index (χ2n) is 4.37. The van der Waals surface area contributed by atoms with Crippen molar-refractivity contribution >= 4 is 37.4 Å². The number of carboxylic acids is 1. The first-order chi connectivity index (χ1) is 9.31. The molecule has 2 rings (SSSR count). The van der Waals surface area contributed by atoms with Gasteiger partial charge in [0.1, 0.15) is 19.5 Å². The number of aromatic nitrogens is 2. The van der Waals surface area contributed by atoms with E-state index in [0.29, 0.717) is 15.9 Å². The van der Waals surface area contributed by atoms with Crippen LogP contribution in [0.4, 0.5) is 0 Å². The summed E-state index contributed by atoms with van der Waals surface area (Å²) in [6, 6.07) is 1.54. The molecule has 0 aliphatic carbocycles. The molecule has 2 aromatic rings. The van der Waals surface area contributed by atoms with Gasteiger partial charge in [-0.2, -0.15) is 5.10 Å². The van der Waals surface area contributed by atoms with Crippen molar-refractivity contribution < 1.29 is 23.1 Å². The van der Waals surface area contributed by atoms with Gasteiger partial charge in [0.15, 0.2) is 0 Å². The summed E-state index contributed by atoms with van der Waals surface area (Å²) in [5.41, 5.74) is 0.611. The molecule has 0 amide bonds. The van der Waals surface area contributed by atoms with Crippen molar-refractivity contribution in [1.82, 2.24) is 9.78 Å². The Labute approximate surface area is 119 Å². The lowest BCUT2D eigenvalue weighted by Gasteiger charge is -2.00. The SMILES string of the molecule is COCc1nn(CCS(C)(=O)=O)c2sc(C(=O)O)cc12. The molecule has 2 heterocycles. The molecule has 9 heteroatoms. The number of thiophene rings is 1. The second kappa shape index (κ2) is 5.51. The third-order valence-electron chi connectivity index (χ3n) is 2.66. The average molecular weight is 318 g/mol. The number of nitrogens with zero attached hydrogens (tertiary/aromatic N) is 2. The predicted molar refractivity (Wildman–Crippen MR) is 75.0 cm³/mol. The van der Waals surface area contributed by atoms with E-state index in [0.717, 1.165) is 17.6 Å². The molecule has 1 N–H and O–H groups in total. The highest BCUT2D eigenvalue weighted by molar-refractivity contribution is 7.90. The molecule has 0 saturated carbocycles. The number of hydrogen-bond acceptors (Lipinski definition) is 6. The molecule has 0 aliphatic heterocycles. The Morgan fingerprint density at radius 1 is 1.55 bits per heavy atom. The molecule has 0 radical (unpaired) electrons. The number of carbonyl (C=O) groups is 1. The summed E-state index contributed by atoms with van der Waals surface area (Å²) in [5, 5.41) is 14.0. The number of hydrogen-bond donors (Lipinski definition) is 1. The van der Waals surface area contributed by atoms with Gasteiger partial charge >= 0.3 is 5.97 Å². The van der Waals surface area contributed by atoms with E-state index in [-0.39, 0.29) is 23.8 Å². The average Bonchev–Trinajstić information content (AvgIpc) is 2.87. The molecular weight excluding hydrogens is 304 g/mol. The van der Waals surface area contributed by atoms with Crippen molar-refractivity contribution in [3.8, 4) is 0 Å². The fourth-order valence-electron chi connectivity index (χ4n) is 1.78. The van der Waals surface area contributed by atoms with Crippen LogP contribution >= 0.6 is 11.3 Å². The van der Waals surface area contributed by atoms with Crippen LogP contribution in [0.1, 0.15) is 15.4 Å². The van der Waals surface area contributed by atoms with Crippen LogP contribution in [0.2, 0.25) is 0 Å². The van der Waals surface area contributed by atoms with Gasteiger partial charge < -0.3 is 9.84 Å². The Kier molecular flexibility index (Phi) is 4.11. The Bertz CT molecular complexity index is 744. The summed E-state index contributed by atoms with van der Waals surface area (Å²) in [6.45, 7) is 0.441. The number of ether oxygens (including phenoxy) is 1. The van der Waals surface area contributed by atoms with E-state index in [1.807, 2.05) is 0 Å². The lowest BCUT2D eigenvalue weighted by atomic mass is 10.3. The van der Waals surface area contributed by atoms with Crippen LogP contribution in [0.5, 0.6) is 0 Å². The maximum atomic E-state index is 11.2. The molecule has 0 fully saturated rings. The van der Waals surface area contributed by atoms with E-state index in [1.165, 1.54) is 11.8 Å². The molecule has 0 saturated heterocycles. The summed E-state index contributed by atoms with van der Waals surface area (Å²) in [7, 11) is -1.59. The van der Waals surface area contributed by atoms with E-state index in [4.69, 9.17) is 9.84 Å². The van der Waals surface area contributed by atoms with Crippen LogP contribution in [-0.4, -0.2) is 48.4 Å². The van der Waals surface area contributed by atoms with Crippen LogP contribution in [0, 0.1) is 0 Å². The number of fused-ring (bicyclic) bond motifs is 1. The minimum Gasteiger partial charge on any atom is -0.477 e. The number of rotatable bonds is 6. The molecule has 0 aromatic carbocycles. The van der Waals surface area contributed by atoms with Gasteiger partial charge in [-0.3, -0.25) is 4.68 Å². The smallest absolute Gasteiger partial charge is 0.345 e. The highest BCUT2D eigenvalue weighted by Gasteiger charge is 2.18. The van der Waals surface area contributed by atoms with Crippen molar-refractivity contribution in [2.45, 2.75) is 13.2 Å². The summed E-state index contributed by atoms with van der Waals surface area (Å²) in [4.78, 5) is 11.9. The lowest BCUT2D eigenvalue weighted by molar-refractivity contribution is 0.0702. The van der Waals surface area contributed by atoms with Crippen LogP contribution in [0.15, 0.2) is 6.07 Å². The molecular formula is C11H14N2O5S2. The summed E-state index contributed by atoms with van der Waals surface area (Å²) in [5.74, 6) is -1.06. The number of aryl methyl sites for hydroxylation is 1. The quantitative estimate of drug-likeness (QED) is 0.852. The Morgan fingerprint density at radius 3 is 2.80 bits per heavy atom. The maximum absolute atomic E-state index is 11.2. The lowest BCUT2D eigenvalue weighted by Crippen LogP contribution is -2.12. The highest BCUT2D eigenvalue weighted by Crippen LogP contribution is 2.29. The van der Waals surface area contributed by atoms with Crippen molar-refractivity contribution in [2.75, 3.05) is 19.1 Å². The van der Waals surface area contributed by atoms with Gasteiger partial charge in [-0.05, 0) is 6.07 Å². The molecule has 20 heavy (non-hydrogen) atoms. The summed E-state index contributed by atoms with van der Waals surface area (Å²) in [6.07, 6.45) is 1.15. The topological polar surface area (TPSA) is 98.5 Å². The fourth-order valence-corrected chi connectivity index (χ4v) is 3.28. The van der Waals surface area contributed by atoms with Gasteiger partial charge in [0.2, 0.25) is 0 Å². The van der Waals surface area contributed by atoms with Gasteiger partial charge in [0.05, 0.1) is 24.6 Å². The van der Waals surface area contributed by atoms with Crippen molar-refractivity contribution in [3.63, 3.8) is 0 Å². The zero-order valence-electron chi connectivity index (χ0n) is 11.0. The van der Waals surface area contributed by atoms with E-state index in [2.05, 4.69) is 5.10 Å². The van der Waals surface area contributed by atoms with Gasteiger partial charge in [-0.25, -0.2) is 13.2 Å². The minimum absolute atomic E-state index is 0.0451. The Balaban J connectivity index is 2.45. The third kappa shape index (κ3) is 3.17. The molecule has 0 bridgehead atoms. The largest absolute Gasteiger partial charge is 0.477 e. The third-order valence-corrected chi connectivity index (χ3v) is 4.73. The Morgan fingerprint density at radius 2 is 2.25 bits per heavy atom. The fraction of sp³-hybridized carbons (Fsp3) is 0.455. The molecule has 0 aliphatic rings. The van der Waals surface area contributed by atoms with Gasteiger partial charge in [-0.15, -0.1) is 11.3 Å². The first kappa shape index (κ1) is 14.9. The van der Waals surface area contributed by atoms with Crippen LogP contribution in [0.3, 0.4) is 0 Å². The monoisotopic (exact) mass is 318 g/mol. The zero-order chi connectivity index (χ0) is 14.9. The van der Waals surface area contributed by atoms with E-state index in [1.54, 1.807) is 6.07 Å². The van der Waals surface area contributed by atoms with E-state index in [9.17, 15) is 13.2 Å². The number of sulfone groups is 1. The van der Waals surface area contributed by atoms with E-state index < -0.39 is 15.8 Å². The van der Waals surface area contributed by atoms with Crippen molar-refractivity contribution in [3.05, 3.63) is 16.6 Å². The molecule has 110 valence electrons. The van der Waals surface area contributed by atoms with Crippen LogP contribution in [0.25, 0.3) is 10.2 Å². The van der Waals surface area contributed by atoms with Crippen LogP contribution in [-0.2, 0) is 27.7 Å². The Hall–Kier alpha value is -1.45. The van der Waals surface area contributed by atoms with E-state index >= 15 is 0 Å². The van der Waals surface area contributed by atoms with Gasteiger partial charge in [0, 0.05) is 18.8 Å². The molecule has 7 nitrogen and oxygen atoms in total. The van der Waals surface area contributed by atoms with Gasteiger partial charge in [-0.1, -0.05) is 0 Å². The maximum Gasteiger partial charge on any atom is 0.345 e. The predicted octanol–water partition coefficient (Wildman–Crippen LogP) is 0.987. The standard InChI is InChI=1S/C11H14N2O5S2/c1-18-6-8-7-5-9(11(14)15)19-10(7)13(12-8)3-4-20(2,16)17/h5H,3-4,6H2,1-2H3,(H,14,15).